The molecule has 2 nitrogen and oxygen atoms in total. The fourth-order valence-electron chi connectivity index (χ4n) is 1.46. The van der Waals surface area contributed by atoms with Gasteiger partial charge in [0, 0.05) is 12.1 Å². The second kappa shape index (κ2) is 4.03. The molecule has 78 valence electrons. The summed E-state index contributed by atoms with van der Waals surface area (Å²) in [6, 6.07) is 6.67. The van der Waals surface area contributed by atoms with Gasteiger partial charge in [0.1, 0.15) is 11.5 Å². The van der Waals surface area contributed by atoms with Crippen LogP contribution in [-0.4, -0.2) is 9.78 Å². The Morgan fingerprint density at radius 3 is 2.80 bits per heavy atom. The molecule has 15 heavy (non-hydrogen) atoms. The largest absolute Gasteiger partial charge is 0.237 e. The van der Waals surface area contributed by atoms with Gasteiger partial charge in [-0.05, 0) is 24.6 Å². The summed E-state index contributed by atoms with van der Waals surface area (Å²) in [5, 5.41) is 4.17. The summed E-state index contributed by atoms with van der Waals surface area (Å²) in [6.07, 6.45) is 1.73. The minimum Gasteiger partial charge on any atom is -0.237 e. The molecule has 2 aromatic rings. The first kappa shape index (κ1) is 10.2. The van der Waals surface area contributed by atoms with Crippen molar-refractivity contribution in [3.63, 3.8) is 0 Å². The van der Waals surface area contributed by atoms with Crippen LogP contribution in [0.15, 0.2) is 30.5 Å². The van der Waals surface area contributed by atoms with Crippen LogP contribution in [0.2, 0.25) is 0 Å². The molecule has 0 saturated heterocycles. The molecule has 0 unspecified atom stereocenters. The Labute approximate surface area is 92.3 Å². The molecule has 0 bridgehead atoms. The Balaban J connectivity index is 2.60. The minimum absolute atomic E-state index is 0.270. The Morgan fingerprint density at radius 2 is 2.20 bits per heavy atom. The van der Waals surface area contributed by atoms with E-state index in [0.29, 0.717) is 5.69 Å². The summed E-state index contributed by atoms with van der Waals surface area (Å²) in [5.74, 6) is -0.0392. The molecule has 0 amide bonds. The molecule has 0 aliphatic carbocycles. The van der Waals surface area contributed by atoms with Crippen LogP contribution in [0.1, 0.15) is 11.3 Å². The zero-order valence-electron chi connectivity index (χ0n) is 8.24. The van der Waals surface area contributed by atoms with Crippen molar-refractivity contribution in [2.45, 2.75) is 12.8 Å². The molecule has 4 heteroatoms. The molecule has 0 saturated carbocycles. The third kappa shape index (κ3) is 1.88. The van der Waals surface area contributed by atoms with Crippen LogP contribution in [0.4, 0.5) is 4.39 Å². The van der Waals surface area contributed by atoms with E-state index in [4.69, 9.17) is 11.6 Å². The van der Waals surface area contributed by atoms with E-state index in [1.54, 1.807) is 18.3 Å². The highest BCUT2D eigenvalue weighted by molar-refractivity contribution is 6.17. The Morgan fingerprint density at radius 1 is 1.40 bits per heavy atom. The molecule has 0 N–H and O–H groups in total. The lowest BCUT2D eigenvalue weighted by atomic mass is 10.2. The van der Waals surface area contributed by atoms with Crippen LogP contribution in [-0.2, 0) is 5.88 Å². The van der Waals surface area contributed by atoms with Crippen molar-refractivity contribution < 1.29 is 4.39 Å². The van der Waals surface area contributed by atoms with Gasteiger partial charge in [0.15, 0.2) is 0 Å². The molecule has 1 aromatic heterocycles. The number of hydrogen-bond acceptors (Lipinski definition) is 1. The van der Waals surface area contributed by atoms with Crippen molar-refractivity contribution in [3.8, 4) is 5.69 Å². The van der Waals surface area contributed by atoms with E-state index < -0.39 is 0 Å². The number of aryl methyl sites for hydroxylation is 1. The Bertz CT molecular complexity index is 479. The quantitative estimate of drug-likeness (QED) is 0.717. The summed E-state index contributed by atoms with van der Waals surface area (Å²) < 4.78 is 15.1. The van der Waals surface area contributed by atoms with Crippen molar-refractivity contribution in [3.05, 3.63) is 47.5 Å². The summed E-state index contributed by atoms with van der Waals surface area (Å²) in [5.41, 5.74) is 2.01. The van der Waals surface area contributed by atoms with Crippen LogP contribution in [0, 0.1) is 12.7 Å². The van der Waals surface area contributed by atoms with Gasteiger partial charge in [-0.1, -0.05) is 12.1 Å². The first-order valence-electron chi connectivity index (χ1n) is 4.58. The maximum atomic E-state index is 13.6. The third-order valence-electron chi connectivity index (χ3n) is 2.17. The monoisotopic (exact) mass is 224 g/mol. The lowest BCUT2D eigenvalue weighted by Crippen LogP contribution is -2.02. The number of hydrogen-bond donors (Lipinski definition) is 0. The maximum Gasteiger partial charge on any atom is 0.149 e. The number of nitrogens with zero attached hydrogens (tertiary/aromatic N) is 2. The second-order valence-corrected chi connectivity index (χ2v) is 3.55. The Hall–Kier alpha value is -1.35. The highest BCUT2D eigenvalue weighted by Crippen LogP contribution is 2.19. The second-order valence-electron chi connectivity index (χ2n) is 3.28. The Kier molecular flexibility index (Phi) is 2.73. The highest BCUT2D eigenvalue weighted by Gasteiger charge is 2.10. The van der Waals surface area contributed by atoms with Crippen LogP contribution < -0.4 is 0 Å². The number of halogens is 2. The fourth-order valence-corrected chi connectivity index (χ4v) is 1.68. The summed E-state index contributed by atoms with van der Waals surface area (Å²) >= 11 is 5.75. The number of benzene rings is 1. The standard InChI is InChI=1S/C11H10ClFN2/c1-8-5-6-15(14-8)11-9(7-12)3-2-4-10(11)13/h2-6H,7H2,1H3. The van der Waals surface area contributed by atoms with Crippen LogP contribution in [0.5, 0.6) is 0 Å². The molecule has 0 atom stereocenters. The van der Waals surface area contributed by atoms with Gasteiger partial charge in [-0.3, -0.25) is 0 Å². The summed E-state index contributed by atoms with van der Waals surface area (Å²) in [7, 11) is 0. The molecular formula is C11H10ClFN2. The van der Waals surface area contributed by atoms with Crippen LogP contribution in [0.3, 0.4) is 0 Å². The topological polar surface area (TPSA) is 17.8 Å². The van der Waals surface area contributed by atoms with Gasteiger partial charge in [-0.15, -0.1) is 11.6 Å². The predicted octanol–water partition coefficient (Wildman–Crippen LogP) is 3.06. The van der Waals surface area contributed by atoms with Gasteiger partial charge in [0.05, 0.1) is 5.69 Å². The normalized spacial score (nSPS) is 10.6. The predicted molar refractivity (Wildman–Crippen MR) is 57.8 cm³/mol. The molecule has 0 aliphatic rings. The van der Waals surface area contributed by atoms with Crippen molar-refractivity contribution in [1.29, 1.82) is 0 Å². The van der Waals surface area contributed by atoms with E-state index in [9.17, 15) is 4.39 Å². The maximum absolute atomic E-state index is 13.6. The van der Waals surface area contributed by atoms with E-state index in [-0.39, 0.29) is 11.7 Å². The highest BCUT2D eigenvalue weighted by atomic mass is 35.5. The molecule has 0 spiro atoms. The van der Waals surface area contributed by atoms with Crippen molar-refractivity contribution >= 4 is 11.6 Å². The number of aromatic nitrogens is 2. The fraction of sp³-hybridized carbons (Fsp3) is 0.182. The van der Waals surface area contributed by atoms with Gasteiger partial charge in [0.2, 0.25) is 0 Å². The minimum atomic E-state index is -0.309. The molecule has 0 aliphatic heterocycles. The van der Waals surface area contributed by atoms with Crippen molar-refractivity contribution in [1.82, 2.24) is 9.78 Å². The zero-order valence-corrected chi connectivity index (χ0v) is 9.00. The lowest BCUT2D eigenvalue weighted by Gasteiger charge is -2.07. The molecule has 0 fully saturated rings. The van der Waals surface area contributed by atoms with Crippen molar-refractivity contribution in [2.75, 3.05) is 0 Å². The van der Waals surface area contributed by atoms with E-state index >= 15 is 0 Å². The van der Waals surface area contributed by atoms with Crippen molar-refractivity contribution in [2.24, 2.45) is 0 Å². The van der Waals surface area contributed by atoms with Gasteiger partial charge < -0.3 is 0 Å². The van der Waals surface area contributed by atoms with E-state index in [0.717, 1.165) is 11.3 Å². The SMILES string of the molecule is Cc1ccn(-c2c(F)cccc2CCl)n1. The first-order valence-corrected chi connectivity index (χ1v) is 5.12. The average molecular weight is 225 g/mol. The lowest BCUT2D eigenvalue weighted by molar-refractivity contribution is 0.608. The molecule has 0 radical (unpaired) electrons. The first-order chi connectivity index (χ1) is 7.22. The molecule has 2 rings (SSSR count). The number of para-hydroxylation sites is 1. The molecule has 1 aromatic carbocycles. The van der Waals surface area contributed by atoms with Gasteiger partial charge in [-0.25, -0.2) is 9.07 Å². The zero-order chi connectivity index (χ0) is 10.8. The van der Waals surface area contributed by atoms with Gasteiger partial charge >= 0.3 is 0 Å². The van der Waals surface area contributed by atoms with Crippen LogP contribution in [0.25, 0.3) is 5.69 Å². The number of rotatable bonds is 2. The third-order valence-corrected chi connectivity index (χ3v) is 2.45. The number of alkyl halides is 1. The molecule has 1 heterocycles. The van der Waals surface area contributed by atoms with Gasteiger partial charge in [-0.2, -0.15) is 5.10 Å². The molecular weight excluding hydrogens is 215 g/mol. The van der Waals surface area contributed by atoms with E-state index in [1.807, 2.05) is 13.0 Å². The van der Waals surface area contributed by atoms with Gasteiger partial charge in [0.25, 0.3) is 0 Å². The summed E-state index contributed by atoms with van der Waals surface area (Å²) in [4.78, 5) is 0. The van der Waals surface area contributed by atoms with Crippen LogP contribution >= 0.6 is 11.6 Å². The smallest absolute Gasteiger partial charge is 0.149 e. The summed E-state index contributed by atoms with van der Waals surface area (Å²) in [6.45, 7) is 1.86. The van der Waals surface area contributed by atoms with E-state index in [2.05, 4.69) is 5.10 Å². The average Bonchev–Trinajstić information content (AvgIpc) is 2.64. The van der Waals surface area contributed by atoms with E-state index in [1.165, 1.54) is 10.7 Å².